The van der Waals surface area contributed by atoms with Crippen LogP contribution in [0.2, 0.25) is 0 Å². The molecular weight excluding hydrogens is 392 g/mol. The van der Waals surface area contributed by atoms with Gasteiger partial charge in [-0.05, 0) is 43.7 Å². The van der Waals surface area contributed by atoms with Crippen LogP contribution < -0.4 is 10.9 Å². The van der Waals surface area contributed by atoms with E-state index in [0.29, 0.717) is 5.69 Å². The molecule has 0 spiro atoms. The molecule has 0 aliphatic carbocycles. The maximum Gasteiger partial charge on any atom is 0.293 e. The Kier molecular flexibility index (Phi) is 4.86. The summed E-state index contributed by atoms with van der Waals surface area (Å²) in [6.45, 7) is 3.54. The van der Waals surface area contributed by atoms with E-state index in [-0.39, 0.29) is 11.2 Å². The van der Waals surface area contributed by atoms with Crippen LogP contribution in [0.3, 0.4) is 0 Å². The summed E-state index contributed by atoms with van der Waals surface area (Å²) in [6, 6.07) is 10.6. The van der Waals surface area contributed by atoms with Crippen molar-refractivity contribution in [3.8, 4) is 11.3 Å². The van der Waals surface area contributed by atoms with Gasteiger partial charge in [-0.1, -0.05) is 17.7 Å². The lowest BCUT2D eigenvalue weighted by atomic mass is 10.0. The van der Waals surface area contributed by atoms with Crippen LogP contribution in [0.25, 0.3) is 16.8 Å². The van der Waals surface area contributed by atoms with Crippen LogP contribution in [0.1, 0.15) is 11.1 Å². The van der Waals surface area contributed by atoms with Gasteiger partial charge in [-0.25, -0.2) is 18.0 Å². The number of carbonyl (C=O) groups is 1. The summed E-state index contributed by atoms with van der Waals surface area (Å²) in [6.07, 6.45) is 1.34. The van der Waals surface area contributed by atoms with Gasteiger partial charge in [0, 0.05) is 17.3 Å². The first-order chi connectivity index (χ1) is 14.3. The number of nitrogens with one attached hydrogen (secondary N) is 1. The standard InChI is InChI=1S/C21H17F2N5O2/c1-12-3-4-13(2)15(7-12)18-9-19-21(30)27(24-11-28(19)26-18)10-20(29)25-14-5-6-16(22)17(23)8-14/h3-9,11H,10H2,1-2H3,(H,25,29). The van der Waals surface area contributed by atoms with Gasteiger partial charge >= 0.3 is 0 Å². The fourth-order valence-corrected chi connectivity index (χ4v) is 3.10. The summed E-state index contributed by atoms with van der Waals surface area (Å²) in [5, 5.41) is 10.8. The minimum atomic E-state index is -1.08. The second kappa shape index (κ2) is 7.51. The minimum absolute atomic E-state index is 0.0783. The molecule has 152 valence electrons. The van der Waals surface area contributed by atoms with E-state index in [0.717, 1.165) is 33.5 Å². The van der Waals surface area contributed by atoms with Crippen molar-refractivity contribution in [3.63, 3.8) is 0 Å². The van der Waals surface area contributed by atoms with Crippen LogP contribution in [0.4, 0.5) is 14.5 Å². The molecule has 30 heavy (non-hydrogen) atoms. The van der Waals surface area contributed by atoms with E-state index in [1.54, 1.807) is 6.07 Å². The number of hydrogen-bond donors (Lipinski definition) is 1. The Morgan fingerprint density at radius 2 is 1.87 bits per heavy atom. The second-order valence-corrected chi connectivity index (χ2v) is 6.95. The Bertz CT molecular complexity index is 1340. The Balaban J connectivity index is 1.61. The molecule has 0 aliphatic heterocycles. The fraction of sp³-hybridized carbons (Fsp3) is 0.143. The van der Waals surface area contributed by atoms with E-state index in [1.807, 2.05) is 32.0 Å². The Morgan fingerprint density at radius 1 is 1.07 bits per heavy atom. The fourth-order valence-electron chi connectivity index (χ4n) is 3.10. The maximum atomic E-state index is 13.3. The first kappa shape index (κ1) is 19.4. The summed E-state index contributed by atoms with van der Waals surface area (Å²) >= 11 is 0. The zero-order valence-corrected chi connectivity index (χ0v) is 16.2. The Morgan fingerprint density at radius 3 is 2.63 bits per heavy atom. The number of amides is 1. The van der Waals surface area contributed by atoms with E-state index >= 15 is 0 Å². The number of hydrogen-bond acceptors (Lipinski definition) is 4. The molecule has 0 unspecified atom stereocenters. The molecule has 0 fully saturated rings. The van der Waals surface area contributed by atoms with Crippen molar-refractivity contribution in [1.82, 2.24) is 19.4 Å². The van der Waals surface area contributed by atoms with Crippen molar-refractivity contribution in [2.75, 3.05) is 5.32 Å². The molecule has 0 saturated heterocycles. The van der Waals surface area contributed by atoms with Crippen molar-refractivity contribution in [1.29, 1.82) is 0 Å². The van der Waals surface area contributed by atoms with Crippen molar-refractivity contribution in [3.05, 3.63) is 81.9 Å². The van der Waals surface area contributed by atoms with Crippen LogP contribution in [-0.2, 0) is 11.3 Å². The number of carbonyl (C=O) groups excluding carboxylic acids is 1. The highest BCUT2D eigenvalue weighted by Crippen LogP contribution is 2.23. The zero-order valence-electron chi connectivity index (χ0n) is 16.2. The molecule has 0 aliphatic rings. The van der Waals surface area contributed by atoms with E-state index < -0.39 is 29.6 Å². The summed E-state index contributed by atoms with van der Waals surface area (Å²) in [7, 11) is 0. The summed E-state index contributed by atoms with van der Waals surface area (Å²) in [4.78, 5) is 25.0. The zero-order chi connectivity index (χ0) is 21.4. The van der Waals surface area contributed by atoms with Crippen LogP contribution in [0.15, 0.2) is 53.6 Å². The number of aryl methyl sites for hydroxylation is 2. The smallest absolute Gasteiger partial charge is 0.293 e. The second-order valence-electron chi connectivity index (χ2n) is 6.95. The Labute approximate surface area is 169 Å². The van der Waals surface area contributed by atoms with Gasteiger partial charge in [-0.2, -0.15) is 10.2 Å². The topological polar surface area (TPSA) is 81.3 Å². The molecule has 1 N–H and O–H groups in total. The van der Waals surface area contributed by atoms with Crippen molar-refractivity contribution in [2.45, 2.75) is 20.4 Å². The van der Waals surface area contributed by atoms with Crippen LogP contribution in [-0.4, -0.2) is 25.3 Å². The highest BCUT2D eigenvalue weighted by atomic mass is 19.2. The predicted octanol–water partition coefficient (Wildman–Crippen LogP) is 3.09. The molecule has 1 amide bonds. The number of rotatable bonds is 4. The van der Waals surface area contributed by atoms with Crippen LogP contribution in [0.5, 0.6) is 0 Å². The monoisotopic (exact) mass is 409 g/mol. The lowest BCUT2D eigenvalue weighted by Gasteiger charge is -2.07. The normalized spacial score (nSPS) is 11.1. The van der Waals surface area contributed by atoms with Crippen molar-refractivity contribution >= 4 is 17.1 Å². The molecule has 2 aromatic carbocycles. The van der Waals surface area contributed by atoms with E-state index in [4.69, 9.17) is 0 Å². The number of nitrogens with zero attached hydrogens (tertiary/aromatic N) is 4. The third-order valence-electron chi connectivity index (χ3n) is 4.66. The largest absolute Gasteiger partial charge is 0.324 e. The third-order valence-corrected chi connectivity index (χ3v) is 4.66. The van der Waals surface area contributed by atoms with E-state index in [2.05, 4.69) is 15.5 Å². The molecule has 9 heteroatoms. The minimum Gasteiger partial charge on any atom is -0.324 e. The first-order valence-corrected chi connectivity index (χ1v) is 9.10. The van der Waals surface area contributed by atoms with Gasteiger partial charge in [0.05, 0.1) is 5.69 Å². The molecule has 4 aromatic rings. The van der Waals surface area contributed by atoms with Gasteiger partial charge in [-0.3, -0.25) is 9.59 Å². The van der Waals surface area contributed by atoms with Gasteiger partial charge in [0.25, 0.3) is 5.56 Å². The Hall–Kier alpha value is -3.88. The number of anilines is 1. The molecule has 0 radical (unpaired) electrons. The van der Waals surface area contributed by atoms with Gasteiger partial charge in [0.15, 0.2) is 11.6 Å². The molecule has 2 aromatic heterocycles. The van der Waals surface area contributed by atoms with Gasteiger partial charge in [-0.15, -0.1) is 0 Å². The average molecular weight is 409 g/mol. The number of benzene rings is 2. The van der Waals surface area contributed by atoms with Gasteiger partial charge < -0.3 is 5.32 Å². The lowest BCUT2D eigenvalue weighted by Crippen LogP contribution is -2.30. The third kappa shape index (κ3) is 3.69. The molecule has 0 atom stereocenters. The molecule has 0 bridgehead atoms. The summed E-state index contributed by atoms with van der Waals surface area (Å²) < 4.78 is 28.6. The van der Waals surface area contributed by atoms with Crippen molar-refractivity contribution in [2.24, 2.45) is 0 Å². The van der Waals surface area contributed by atoms with Gasteiger partial charge in [0.1, 0.15) is 18.4 Å². The summed E-state index contributed by atoms with van der Waals surface area (Å²) in [5.41, 5.74) is 3.46. The van der Waals surface area contributed by atoms with Crippen molar-refractivity contribution < 1.29 is 13.6 Å². The SMILES string of the molecule is Cc1ccc(C)c(-c2cc3c(=O)n(CC(=O)Nc4ccc(F)c(F)c4)ncn3n2)c1. The highest BCUT2D eigenvalue weighted by Gasteiger charge is 2.14. The van der Waals surface area contributed by atoms with Crippen LogP contribution >= 0.6 is 0 Å². The number of aromatic nitrogens is 4. The summed E-state index contributed by atoms with van der Waals surface area (Å²) in [5.74, 6) is -2.70. The van der Waals surface area contributed by atoms with Crippen LogP contribution in [0, 0.1) is 25.5 Å². The molecule has 0 saturated carbocycles. The van der Waals surface area contributed by atoms with E-state index in [9.17, 15) is 18.4 Å². The van der Waals surface area contributed by atoms with E-state index in [1.165, 1.54) is 16.9 Å². The lowest BCUT2D eigenvalue weighted by molar-refractivity contribution is -0.117. The van der Waals surface area contributed by atoms with Gasteiger partial charge in [0.2, 0.25) is 5.91 Å². The first-order valence-electron chi connectivity index (χ1n) is 9.10. The highest BCUT2D eigenvalue weighted by molar-refractivity contribution is 5.90. The molecule has 2 heterocycles. The average Bonchev–Trinajstić information content (AvgIpc) is 3.14. The quantitative estimate of drug-likeness (QED) is 0.562. The number of fused-ring (bicyclic) bond motifs is 1. The molecular formula is C21H17F2N5O2. The molecule has 7 nitrogen and oxygen atoms in total. The maximum absolute atomic E-state index is 13.3. The predicted molar refractivity (Wildman–Crippen MR) is 107 cm³/mol. The number of halogens is 2. The molecule has 4 rings (SSSR count).